The number of carbonyl (C=O) groups excluding carboxylic acids is 1. The van der Waals surface area contributed by atoms with Crippen LogP contribution in [0.25, 0.3) is 10.9 Å². The molecule has 0 aliphatic carbocycles. The molecule has 3 nitrogen and oxygen atoms in total. The summed E-state index contributed by atoms with van der Waals surface area (Å²) in [4.78, 5) is 15.8. The van der Waals surface area contributed by atoms with Crippen LogP contribution < -0.4 is 0 Å². The van der Waals surface area contributed by atoms with E-state index in [0.717, 1.165) is 10.9 Å². The number of halogens is 2. The highest BCUT2D eigenvalue weighted by Crippen LogP contribution is 2.29. The number of hydrogen-bond acceptors (Lipinski definition) is 3. The van der Waals surface area contributed by atoms with Crippen LogP contribution in [-0.4, -0.2) is 18.1 Å². The van der Waals surface area contributed by atoms with E-state index >= 15 is 0 Å². The minimum absolute atomic E-state index is 0.321. The number of benzene rings is 1. The van der Waals surface area contributed by atoms with E-state index in [-0.39, 0.29) is 5.97 Å². The second-order valence-electron chi connectivity index (χ2n) is 3.94. The summed E-state index contributed by atoms with van der Waals surface area (Å²) in [7, 11) is 1.36. The first kappa shape index (κ1) is 13.1. The van der Waals surface area contributed by atoms with E-state index in [9.17, 15) is 4.79 Å². The van der Waals surface area contributed by atoms with E-state index in [1.165, 1.54) is 7.11 Å². The van der Waals surface area contributed by atoms with E-state index in [1.807, 2.05) is 0 Å². The Morgan fingerprint density at radius 3 is 2.72 bits per heavy atom. The number of nitrogens with zero attached hydrogens (tertiary/aromatic N) is 1. The Morgan fingerprint density at radius 1 is 1.33 bits per heavy atom. The van der Waals surface area contributed by atoms with Crippen molar-refractivity contribution in [2.45, 2.75) is 12.8 Å². The van der Waals surface area contributed by atoms with Crippen LogP contribution in [0.5, 0.6) is 0 Å². The fourth-order valence-corrected chi connectivity index (χ4v) is 2.23. The number of ether oxygens (including phenoxy) is 1. The first-order valence-corrected chi connectivity index (χ1v) is 6.12. The first-order chi connectivity index (χ1) is 8.52. The molecular weight excluding hydrogens is 273 g/mol. The van der Waals surface area contributed by atoms with Crippen LogP contribution in [0.3, 0.4) is 0 Å². The van der Waals surface area contributed by atoms with Crippen molar-refractivity contribution in [3.63, 3.8) is 0 Å². The van der Waals surface area contributed by atoms with E-state index in [0.29, 0.717) is 15.7 Å². The lowest BCUT2D eigenvalue weighted by Crippen LogP contribution is -2.11. The van der Waals surface area contributed by atoms with Crippen LogP contribution in [0, 0.1) is 0 Å². The largest absolute Gasteiger partial charge is 0.469 e. The summed E-state index contributed by atoms with van der Waals surface area (Å²) in [6.07, 6.45) is 0. The van der Waals surface area contributed by atoms with Gasteiger partial charge in [0, 0.05) is 10.4 Å². The Kier molecular flexibility index (Phi) is 3.73. The molecule has 94 valence electrons. The molecule has 0 bridgehead atoms. The molecule has 1 unspecified atom stereocenters. The number of aromatic nitrogens is 1. The molecule has 18 heavy (non-hydrogen) atoms. The summed E-state index contributed by atoms with van der Waals surface area (Å²) >= 11 is 11.9. The zero-order valence-electron chi connectivity index (χ0n) is 9.91. The second kappa shape index (κ2) is 5.12. The molecule has 0 saturated heterocycles. The maximum atomic E-state index is 11.6. The predicted octanol–water partition coefficient (Wildman–Crippen LogP) is 3.82. The van der Waals surface area contributed by atoms with Crippen molar-refractivity contribution in [1.82, 2.24) is 4.98 Å². The van der Waals surface area contributed by atoms with Gasteiger partial charge in [-0.15, -0.1) is 0 Å². The van der Waals surface area contributed by atoms with Gasteiger partial charge in [0.25, 0.3) is 0 Å². The van der Waals surface area contributed by atoms with Crippen LogP contribution >= 0.6 is 23.2 Å². The third-order valence-corrected chi connectivity index (χ3v) is 3.22. The van der Waals surface area contributed by atoms with Crippen molar-refractivity contribution in [3.05, 3.63) is 40.0 Å². The fourth-order valence-electron chi connectivity index (χ4n) is 1.85. The van der Waals surface area contributed by atoms with Gasteiger partial charge in [0.1, 0.15) is 5.15 Å². The lowest BCUT2D eigenvalue weighted by Gasteiger charge is -2.13. The predicted molar refractivity (Wildman–Crippen MR) is 72.2 cm³/mol. The van der Waals surface area contributed by atoms with Crippen molar-refractivity contribution < 1.29 is 9.53 Å². The average Bonchev–Trinajstić information content (AvgIpc) is 2.36. The van der Waals surface area contributed by atoms with Gasteiger partial charge in [0.15, 0.2) is 0 Å². The van der Waals surface area contributed by atoms with E-state index in [2.05, 4.69) is 4.98 Å². The number of carbonyl (C=O) groups is 1. The van der Waals surface area contributed by atoms with Crippen molar-refractivity contribution >= 4 is 40.1 Å². The minimum Gasteiger partial charge on any atom is -0.469 e. The lowest BCUT2D eigenvalue weighted by molar-refractivity contribution is -0.141. The molecule has 2 rings (SSSR count). The molecule has 1 atom stereocenters. The standard InChI is InChI=1S/C13H11Cl2NO2/c1-7(13(17)18-2)9-6-12(15)16-11-4-3-8(14)5-10(9)11/h3-7H,1-2H3. The molecule has 1 aromatic heterocycles. The average molecular weight is 284 g/mol. The molecule has 0 radical (unpaired) electrons. The zero-order valence-corrected chi connectivity index (χ0v) is 11.4. The summed E-state index contributed by atoms with van der Waals surface area (Å²) < 4.78 is 4.75. The van der Waals surface area contributed by atoms with Gasteiger partial charge in [-0.25, -0.2) is 4.98 Å². The molecule has 0 aliphatic rings. The summed E-state index contributed by atoms with van der Waals surface area (Å²) in [5.74, 6) is -0.741. The van der Waals surface area contributed by atoms with Crippen molar-refractivity contribution in [3.8, 4) is 0 Å². The van der Waals surface area contributed by atoms with Gasteiger partial charge in [-0.3, -0.25) is 4.79 Å². The van der Waals surface area contributed by atoms with Gasteiger partial charge in [-0.2, -0.15) is 0 Å². The van der Waals surface area contributed by atoms with Crippen molar-refractivity contribution in [2.75, 3.05) is 7.11 Å². The quantitative estimate of drug-likeness (QED) is 0.621. The normalized spacial score (nSPS) is 12.4. The number of pyridine rings is 1. The maximum absolute atomic E-state index is 11.6. The number of esters is 1. The van der Waals surface area contributed by atoms with Crippen LogP contribution in [0.1, 0.15) is 18.4 Å². The molecule has 1 heterocycles. The third kappa shape index (κ3) is 2.42. The zero-order chi connectivity index (χ0) is 13.3. The third-order valence-electron chi connectivity index (χ3n) is 2.79. The van der Waals surface area contributed by atoms with Gasteiger partial charge in [-0.05, 0) is 36.8 Å². The number of methoxy groups -OCH3 is 1. The highest BCUT2D eigenvalue weighted by Gasteiger charge is 2.19. The molecule has 0 spiro atoms. The monoisotopic (exact) mass is 283 g/mol. The van der Waals surface area contributed by atoms with Crippen LogP contribution in [0.15, 0.2) is 24.3 Å². The van der Waals surface area contributed by atoms with E-state index < -0.39 is 5.92 Å². The SMILES string of the molecule is COC(=O)C(C)c1cc(Cl)nc2ccc(Cl)cc12. The van der Waals surface area contributed by atoms with Gasteiger partial charge in [-0.1, -0.05) is 23.2 Å². The van der Waals surface area contributed by atoms with Gasteiger partial charge < -0.3 is 4.74 Å². The molecule has 0 saturated carbocycles. The molecular formula is C13H11Cl2NO2. The second-order valence-corrected chi connectivity index (χ2v) is 4.76. The Labute approximate surface area is 115 Å². The molecule has 1 aromatic carbocycles. The lowest BCUT2D eigenvalue weighted by atomic mass is 9.97. The number of hydrogen-bond donors (Lipinski definition) is 0. The topological polar surface area (TPSA) is 39.2 Å². The Balaban J connectivity index is 2.68. The Hall–Kier alpha value is -1.32. The van der Waals surface area contributed by atoms with Gasteiger partial charge in [0.05, 0.1) is 18.5 Å². The highest BCUT2D eigenvalue weighted by molar-refractivity contribution is 6.32. The molecule has 0 N–H and O–H groups in total. The smallest absolute Gasteiger partial charge is 0.312 e. The van der Waals surface area contributed by atoms with Crippen LogP contribution in [0.2, 0.25) is 10.2 Å². The number of fused-ring (bicyclic) bond motifs is 1. The highest BCUT2D eigenvalue weighted by atomic mass is 35.5. The van der Waals surface area contributed by atoms with Crippen molar-refractivity contribution in [1.29, 1.82) is 0 Å². The molecule has 0 amide bonds. The maximum Gasteiger partial charge on any atom is 0.312 e. The van der Waals surface area contributed by atoms with Gasteiger partial charge in [0.2, 0.25) is 0 Å². The number of rotatable bonds is 2. The summed E-state index contributed by atoms with van der Waals surface area (Å²) in [5.41, 5.74) is 1.47. The fraction of sp³-hybridized carbons (Fsp3) is 0.231. The Bertz CT molecular complexity index is 613. The summed E-state index contributed by atoms with van der Waals surface area (Å²) in [5, 5.41) is 1.74. The van der Waals surface area contributed by atoms with Crippen LogP contribution in [0.4, 0.5) is 0 Å². The van der Waals surface area contributed by atoms with E-state index in [4.69, 9.17) is 27.9 Å². The van der Waals surface area contributed by atoms with Crippen molar-refractivity contribution in [2.24, 2.45) is 0 Å². The first-order valence-electron chi connectivity index (χ1n) is 5.36. The molecule has 5 heteroatoms. The Morgan fingerprint density at radius 2 is 2.06 bits per heavy atom. The van der Waals surface area contributed by atoms with Gasteiger partial charge >= 0.3 is 5.97 Å². The summed E-state index contributed by atoms with van der Waals surface area (Å²) in [6, 6.07) is 6.95. The van der Waals surface area contributed by atoms with Crippen LogP contribution in [-0.2, 0) is 9.53 Å². The summed E-state index contributed by atoms with van der Waals surface area (Å²) in [6.45, 7) is 1.76. The molecule has 0 aliphatic heterocycles. The van der Waals surface area contributed by atoms with E-state index in [1.54, 1.807) is 31.2 Å². The molecule has 0 fully saturated rings. The molecule has 2 aromatic rings. The minimum atomic E-state index is -0.420.